The van der Waals surface area contributed by atoms with Gasteiger partial charge in [-0.1, -0.05) is 16.8 Å². The van der Waals surface area contributed by atoms with E-state index in [-0.39, 0.29) is 75.3 Å². The molecule has 18 heteroatoms. The van der Waals surface area contributed by atoms with Crippen LogP contribution < -0.4 is 51.2 Å². The minimum Gasteiger partial charge on any atom is -0.478 e. The number of carbonyl (C=O) groups is 5. The van der Waals surface area contributed by atoms with Crippen molar-refractivity contribution < 1.29 is 68.6 Å². The first kappa shape index (κ1) is 34.1. The average Bonchev–Trinajstić information content (AvgIpc) is 3.74. The first-order valence-corrected chi connectivity index (χ1v) is 15.4. The third kappa shape index (κ3) is 6.88. The van der Waals surface area contributed by atoms with Gasteiger partial charge in [0, 0.05) is 30.1 Å². The number of hydrogen-bond donors (Lipinski definition) is 6. The zero-order valence-electron chi connectivity index (χ0n) is 24.3. The number of hydrogen-bond acceptors (Lipinski definition) is 13. The molecule has 230 valence electrons. The number of carboxylic acid groups (broad SMARTS) is 2. The van der Waals surface area contributed by atoms with Crippen molar-refractivity contribution in [3.8, 4) is 0 Å². The monoisotopic (exact) mass is 656 g/mol. The van der Waals surface area contributed by atoms with Gasteiger partial charge in [-0.3, -0.25) is 19.3 Å². The average molecular weight is 657 g/mol. The number of allylic oxidation sites excluding steroid dienone is 1. The fraction of sp³-hybridized carbons (Fsp3) is 0.500. The van der Waals surface area contributed by atoms with Gasteiger partial charge in [-0.15, -0.1) is 23.1 Å². The number of amides is 2. The van der Waals surface area contributed by atoms with Gasteiger partial charge in [0.25, 0.3) is 11.8 Å². The number of carbonyl (C=O) groups excluding carboxylic acids is 3. The second-order valence-corrected chi connectivity index (χ2v) is 13.0. The van der Waals surface area contributed by atoms with Gasteiger partial charge < -0.3 is 36.7 Å². The zero-order chi connectivity index (χ0) is 31.1. The van der Waals surface area contributed by atoms with Crippen LogP contribution in [0.25, 0.3) is 0 Å². The molecule has 0 spiro atoms. The molecule has 2 amide bonds. The number of rotatable bonds is 10. The number of aromatic nitrogens is 1. The molecule has 0 aromatic carbocycles. The predicted octanol–water partition coefficient (Wildman–Crippen LogP) is -3.48. The molecule has 3 saturated heterocycles. The SMILES string of the molecule is CC(C)(O/N=C(\C(=O)N[C@@H]1C(=O)N2C(C(=O)O)=C(/C=C3\CNC(C(=O)C4CCNC4)C3)CS[C@H]12)c1csc(N)n1)C(=O)O.[Na+]. The zero-order valence-corrected chi connectivity index (χ0v) is 27.9. The second kappa shape index (κ2) is 13.7. The summed E-state index contributed by atoms with van der Waals surface area (Å²) in [6.07, 6.45) is 3.02. The molecule has 0 aliphatic carbocycles. The van der Waals surface area contributed by atoms with Crippen molar-refractivity contribution in [2.24, 2.45) is 11.1 Å². The molecule has 4 atom stereocenters. The number of thiazole rings is 1. The topological polar surface area (TPSA) is 226 Å². The Hall–Kier alpha value is -2.80. The Bertz CT molecular complexity index is 1470. The second-order valence-electron chi connectivity index (χ2n) is 11.0. The smallest absolute Gasteiger partial charge is 0.478 e. The number of oxime groups is 1. The summed E-state index contributed by atoms with van der Waals surface area (Å²) in [5.41, 5.74) is 4.71. The van der Waals surface area contributed by atoms with Gasteiger partial charge >= 0.3 is 41.5 Å². The van der Waals surface area contributed by atoms with Crippen LogP contribution in [0.2, 0.25) is 0 Å². The van der Waals surface area contributed by atoms with Gasteiger partial charge in [0.1, 0.15) is 22.8 Å². The Balaban J connectivity index is 0.00000442. The Labute approximate surface area is 282 Å². The number of Topliss-reactive ketones (excluding diaryl/α,β-unsaturated/α-hetero) is 1. The standard InChI is InChI=1S/C26H31N7O8S2.Na/c1-26(2,24(39)40)41-32-16(15-10-43-25(27)30-15)20(35)31-17-21(36)33-18(23(37)38)13(9-42-22(17)33)5-11-6-14(29-7-11)19(34)12-3-4-28-8-12;/h5,10,12,14,17,22,28-29H,3-4,6-9H2,1-2H3,(H2,27,30)(H,31,35)(H,37,38)(H,39,40);/q;+1/b11-5-,32-16-;/t12?,14?,17-,22-;/m1./s1. The number of anilines is 1. The molecule has 15 nitrogen and oxygen atoms in total. The van der Waals surface area contributed by atoms with E-state index in [1.54, 1.807) is 6.08 Å². The maximum Gasteiger partial charge on any atom is 1.00 e. The van der Waals surface area contributed by atoms with Crippen molar-refractivity contribution in [1.82, 2.24) is 25.8 Å². The number of thioether (sulfide) groups is 1. The van der Waals surface area contributed by atoms with E-state index in [0.29, 0.717) is 25.1 Å². The number of aliphatic carboxylic acids is 2. The normalized spacial score (nSPS) is 26.1. The molecule has 3 fully saturated rings. The molecule has 7 N–H and O–H groups in total. The molecule has 1 aromatic rings. The summed E-state index contributed by atoms with van der Waals surface area (Å²) >= 11 is 2.31. The van der Waals surface area contributed by atoms with E-state index in [1.807, 2.05) is 0 Å². The number of ketones is 1. The molecule has 1 aromatic heterocycles. The van der Waals surface area contributed by atoms with E-state index in [1.165, 1.54) is 31.0 Å². The Morgan fingerprint density at radius 1 is 1.30 bits per heavy atom. The number of carboxylic acids is 2. The van der Waals surface area contributed by atoms with Crippen molar-refractivity contribution in [3.63, 3.8) is 0 Å². The van der Waals surface area contributed by atoms with Gasteiger partial charge in [-0.2, -0.15) is 0 Å². The fourth-order valence-electron chi connectivity index (χ4n) is 5.16. The van der Waals surface area contributed by atoms with E-state index < -0.39 is 40.8 Å². The van der Waals surface area contributed by atoms with Gasteiger partial charge in [0.05, 0.1) is 6.04 Å². The molecule has 5 rings (SSSR count). The molecular formula is C26H31N7NaO8S2+. The van der Waals surface area contributed by atoms with E-state index >= 15 is 0 Å². The van der Waals surface area contributed by atoms with Gasteiger partial charge in [0.15, 0.2) is 16.6 Å². The first-order valence-electron chi connectivity index (χ1n) is 13.5. The van der Waals surface area contributed by atoms with Gasteiger partial charge in [-0.05, 0) is 38.8 Å². The van der Waals surface area contributed by atoms with Gasteiger partial charge in [0.2, 0.25) is 5.60 Å². The van der Waals surface area contributed by atoms with Crippen LogP contribution in [0.15, 0.2) is 33.5 Å². The number of nitrogen functional groups attached to an aromatic ring is 1. The van der Waals surface area contributed by atoms with Crippen molar-refractivity contribution in [3.05, 3.63) is 34.0 Å². The molecule has 2 unspecified atom stereocenters. The molecule has 4 aliphatic heterocycles. The van der Waals surface area contributed by atoms with E-state index in [9.17, 15) is 34.2 Å². The first-order chi connectivity index (χ1) is 20.4. The summed E-state index contributed by atoms with van der Waals surface area (Å²) in [6, 6.07) is -1.40. The number of nitrogens with zero attached hydrogens (tertiary/aromatic N) is 3. The Morgan fingerprint density at radius 2 is 2.05 bits per heavy atom. The Kier molecular flexibility index (Phi) is 10.6. The summed E-state index contributed by atoms with van der Waals surface area (Å²) in [4.78, 5) is 73.3. The number of β-lactam (4-membered cyclic amide) rings is 1. The minimum atomic E-state index is -1.77. The largest absolute Gasteiger partial charge is 1.00 e. The molecule has 4 aliphatic rings. The number of fused-ring (bicyclic) bond motifs is 1. The van der Waals surface area contributed by atoms with E-state index in [0.717, 1.165) is 34.8 Å². The van der Waals surface area contributed by atoms with E-state index in [4.69, 9.17) is 10.6 Å². The van der Waals surface area contributed by atoms with Crippen LogP contribution in [-0.2, 0) is 28.8 Å². The summed E-state index contributed by atoms with van der Waals surface area (Å²) in [6.45, 7) is 4.41. The quantitative estimate of drug-likeness (QED) is 0.0624. The van der Waals surface area contributed by atoms with Crippen LogP contribution in [0, 0.1) is 5.92 Å². The molecule has 5 heterocycles. The molecular weight excluding hydrogens is 625 g/mol. The third-order valence-corrected chi connectivity index (χ3v) is 9.55. The fourth-order valence-corrected chi connectivity index (χ4v) is 7.02. The summed E-state index contributed by atoms with van der Waals surface area (Å²) in [7, 11) is 0. The van der Waals surface area contributed by atoms with Crippen LogP contribution in [0.4, 0.5) is 5.13 Å². The summed E-state index contributed by atoms with van der Waals surface area (Å²) in [5.74, 6) is -3.73. The predicted molar refractivity (Wildman–Crippen MR) is 156 cm³/mol. The number of nitrogens with one attached hydrogen (secondary N) is 3. The Morgan fingerprint density at radius 3 is 2.66 bits per heavy atom. The summed E-state index contributed by atoms with van der Waals surface area (Å²) < 4.78 is 0. The van der Waals surface area contributed by atoms with Crippen LogP contribution >= 0.6 is 23.1 Å². The molecule has 0 saturated carbocycles. The molecule has 0 radical (unpaired) electrons. The maximum absolute atomic E-state index is 13.3. The summed E-state index contributed by atoms with van der Waals surface area (Å²) in [5, 5.41) is 32.9. The van der Waals surface area contributed by atoms with Crippen LogP contribution in [0.1, 0.15) is 32.4 Å². The third-order valence-electron chi connectivity index (χ3n) is 7.57. The van der Waals surface area contributed by atoms with Crippen molar-refractivity contribution >= 4 is 63.5 Å². The number of nitrogens with two attached hydrogens (primary N) is 1. The van der Waals surface area contributed by atoms with Crippen molar-refractivity contribution in [2.75, 3.05) is 31.1 Å². The minimum absolute atomic E-state index is 0. The maximum atomic E-state index is 13.3. The van der Waals surface area contributed by atoms with Gasteiger partial charge in [-0.25, -0.2) is 14.6 Å². The molecule has 0 bridgehead atoms. The van der Waals surface area contributed by atoms with Crippen molar-refractivity contribution in [1.29, 1.82) is 0 Å². The molecule has 44 heavy (non-hydrogen) atoms. The van der Waals surface area contributed by atoms with E-state index in [2.05, 4.69) is 26.1 Å². The van der Waals surface area contributed by atoms with Crippen molar-refractivity contribution in [2.45, 2.75) is 49.7 Å². The van der Waals surface area contributed by atoms with Crippen LogP contribution in [0.5, 0.6) is 0 Å². The van der Waals surface area contributed by atoms with Crippen LogP contribution in [-0.4, -0.2) is 104 Å². The van der Waals surface area contributed by atoms with Crippen LogP contribution in [0.3, 0.4) is 0 Å².